The van der Waals surface area contributed by atoms with Crippen molar-refractivity contribution in [3.63, 3.8) is 0 Å². The van der Waals surface area contributed by atoms with Crippen LogP contribution in [0.25, 0.3) is 0 Å². The molecule has 0 bridgehead atoms. The van der Waals surface area contributed by atoms with Crippen LogP contribution in [0.15, 0.2) is 30.9 Å². The van der Waals surface area contributed by atoms with Crippen molar-refractivity contribution in [2.45, 2.75) is 18.3 Å². The molecule has 3 rings (SSSR count). The van der Waals surface area contributed by atoms with Gasteiger partial charge in [-0.1, -0.05) is 17.7 Å². The molecule has 1 aromatic rings. The van der Waals surface area contributed by atoms with Gasteiger partial charge in [-0.2, -0.15) is 0 Å². The maximum Gasteiger partial charge on any atom is 0.250 e. The van der Waals surface area contributed by atoms with Gasteiger partial charge in [-0.25, -0.2) is 12.7 Å². The van der Waals surface area contributed by atoms with E-state index in [1.54, 1.807) is 18.2 Å². The molecule has 1 atom stereocenters. The number of carbonyl (C=O) groups is 3. The predicted octanol–water partition coefficient (Wildman–Crippen LogP) is 1.15. The minimum atomic E-state index is -3.33. The molecule has 0 radical (unpaired) electrons. The highest BCUT2D eigenvalue weighted by Gasteiger charge is 2.63. The Morgan fingerprint density at radius 2 is 1.90 bits per heavy atom. The summed E-state index contributed by atoms with van der Waals surface area (Å²) in [6, 6.07) is 4.82. The molecule has 0 aliphatic carbocycles. The first-order valence-corrected chi connectivity index (χ1v) is 11.3. The van der Waals surface area contributed by atoms with Gasteiger partial charge in [-0.3, -0.25) is 19.3 Å². The van der Waals surface area contributed by atoms with Gasteiger partial charge < -0.3 is 4.90 Å². The van der Waals surface area contributed by atoms with Crippen LogP contribution in [0.3, 0.4) is 0 Å². The number of sulfonamides is 1. The van der Waals surface area contributed by atoms with Gasteiger partial charge in [0, 0.05) is 43.0 Å². The minimum Gasteiger partial charge on any atom is -0.311 e. The largest absolute Gasteiger partial charge is 0.311 e. The first-order chi connectivity index (χ1) is 13.5. The quantitative estimate of drug-likeness (QED) is 0.361. The van der Waals surface area contributed by atoms with Crippen molar-refractivity contribution in [1.29, 1.82) is 0 Å². The Balaban J connectivity index is 1.95. The van der Waals surface area contributed by atoms with Crippen LogP contribution in [-0.4, -0.2) is 68.3 Å². The van der Waals surface area contributed by atoms with Crippen molar-refractivity contribution >= 4 is 45.0 Å². The van der Waals surface area contributed by atoms with Gasteiger partial charge in [-0.05, 0) is 24.6 Å². The van der Waals surface area contributed by atoms with Crippen LogP contribution in [0.2, 0.25) is 5.02 Å². The molecule has 2 heterocycles. The van der Waals surface area contributed by atoms with Crippen molar-refractivity contribution in [3.05, 3.63) is 41.4 Å². The summed E-state index contributed by atoms with van der Waals surface area (Å²) in [5.41, 5.74) is -0.692. The highest BCUT2D eigenvalue weighted by Crippen LogP contribution is 2.49. The van der Waals surface area contributed by atoms with Gasteiger partial charge in [0.05, 0.1) is 12.7 Å². The molecule has 0 saturated carbocycles. The molecular formula is C19H22ClN3O5S. The molecule has 8 nitrogen and oxygen atoms in total. The van der Waals surface area contributed by atoms with Gasteiger partial charge in [0.15, 0.2) is 5.41 Å². The fourth-order valence-electron chi connectivity index (χ4n) is 3.81. The fraction of sp³-hybridized carbons (Fsp3) is 0.421. The minimum absolute atomic E-state index is 0.0295. The summed E-state index contributed by atoms with van der Waals surface area (Å²) in [7, 11) is -1.87. The summed E-state index contributed by atoms with van der Waals surface area (Å²) < 4.78 is 24.3. The number of likely N-dealkylation sites (tertiary alicyclic amines) is 1. The number of hydrogen-bond acceptors (Lipinski definition) is 5. The zero-order valence-electron chi connectivity index (χ0n) is 16.2. The third kappa shape index (κ3) is 3.47. The van der Waals surface area contributed by atoms with Gasteiger partial charge in [0.25, 0.3) is 0 Å². The van der Waals surface area contributed by atoms with Crippen molar-refractivity contribution < 1.29 is 22.8 Å². The standard InChI is InChI=1S/C19H22ClN3O5S/c1-4-8-23-16(24)12-19(18(23)26)14-11-13(20)6-7-15(14)22(17(19)25)10-5-9-21(2)29(3,27)28/h4,6-7,11H,1,5,8-10,12H2,2-3H3. The van der Waals surface area contributed by atoms with Crippen LogP contribution < -0.4 is 4.90 Å². The van der Waals surface area contributed by atoms with Crippen LogP contribution in [0.4, 0.5) is 5.69 Å². The molecule has 156 valence electrons. The molecule has 1 saturated heterocycles. The number of hydrogen-bond donors (Lipinski definition) is 0. The molecular weight excluding hydrogens is 418 g/mol. The van der Waals surface area contributed by atoms with E-state index in [1.165, 1.54) is 22.3 Å². The van der Waals surface area contributed by atoms with Gasteiger partial charge in [0.2, 0.25) is 27.7 Å². The number of rotatable bonds is 7. The molecule has 29 heavy (non-hydrogen) atoms. The lowest BCUT2D eigenvalue weighted by molar-refractivity contribution is -0.140. The number of benzene rings is 1. The number of anilines is 1. The molecule has 0 N–H and O–H groups in total. The molecule has 1 fully saturated rings. The molecule has 2 aliphatic heterocycles. The Morgan fingerprint density at radius 1 is 1.24 bits per heavy atom. The van der Waals surface area contributed by atoms with Gasteiger partial charge >= 0.3 is 0 Å². The fourth-order valence-corrected chi connectivity index (χ4v) is 4.45. The monoisotopic (exact) mass is 439 g/mol. The highest BCUT2D eigenvalue weighted by atomic mass is 35.5. The van der Waals surface area contributed by atoms with E-state index < -0.39 is 33.2 Å². The Bertz CT molecular complexity index is 1010. The highest BCUT2D eigenvalue weighted by molar-refractivity contribution is 7.88. The van der Waals surface area contributed by atoms with Gasteiger partial charge in [0.1, 0.15) is 0 Å². The zero-order chi connectivity index (χ0) is 21.6. The SMILES string of the molecule is C=CCN1C(=O)CC2(C1=O)C(=O)N(CCCN(C)S(C)(=O)=O)c1ccc(Cl)cc12. The van der Waals surface area contributed by atoms with Crippen molar-refractivity contribution in [2.24, 2.45) is 0 Å². The second-order valence-electron chi connectivity index (χ2n) is 7.24. The summed E-state index contributed by atoms with van der Waals surface area (Å²) in [4.78, 5) is 41.5. The summed E-state index contributed by atoms with van der Waals surface area (Å²) in [5.74, 6) is -1.50. The van der Waals surface area contributed by atoms with Crippen LogP contribution in [-0.2, 0) is 29.8 Å². The van der Waals surface area contributed by atoms with E-state index in [9.17, 15) is 22.8 Å². The first-order valence-electron chi connectivity index (χ1n) is 9.03. The van der Waals surface area contributed by atoms with E-state index in [2.05, 4.69) is 6.58 Å². The lowest BCUT2D eigenvalue weighted by Crippen LogP contribution is -2.47. The first kappa shape index (κ1) is 21.5. The average Bonchev–Trinajstić information content (AvgIpc) is 3.02. The summed E-state index contributed by atoms with van der Waals surface area (Å²) in [6.07, 6.45) is 2.65. The molecule has 1 spiro atoms. The number of halogens is 1. The zero-order valence-corrected chi connectivity index (χ0v) is 17.8. The Morgan fingerprint density at radius 3 is 2.52 bits per heavy atom. The number of nitrogens with zero attached hydrogens (tertiary/aromatic N) is 3. The Labute approximate surface area is 174 Å². The van der Waals surface area contributed by atoms with E-state index in [1.807, 2.05) is 0 Å². The summed E-state index contributed by atoms with van der Waals surface area (Å²) >= 11 is 6.13. The Kier molecular flexibility index (Phi) is 5.59. The predicted molar refractivity (Wildman–Crippen MR) is 109 cm³/mol. The second kappa shape index (κ2) is 7.55. The molecule has 1 aromatic carbocycles. The van der Waals surface area contributed by atoms with E-state index in [0.29, 0.717) is 22.7 Å². The van der Waals surface area contributed by atoms with Gasteiger partial charge in [-0.15, -0.1) is 6.58 Å². The molecule has 1 unspecified atom stereocenters. The molecule has 10 heteroatoms. The van der Waals surface area contributed by atoms with Crippen LogP contribution >= 0.6 is 11.6 Å². The summed E-state index contributed by atoms with van der Waals surface area (Å²) in [5, 5.41) is 0.358. The normalized spacial score (nSPS) is 21.6. The third-order valence-electron chi connectivity index (χ3n) is 5.38. The van der Waals surface area contributed by atoms with E-state index in [0.717, 1.165) is 11.2 Å². The van der Waals surface area contributed by atoms with E-state index >= 15 is 0 Å². The maximum atomic E-state index is 13.4. The lowest BCUT2D eigenvalue weighted by Gasteiger charge is -2.23. The van der Waals surface area contributed by atoms with Crippen molar-refractivity contribution in [2.75, 3.05) is 37.8 Å². The Hall–Kier alpha value is -2.23. The van der Waals surface area contributed by atoms with Crippen molar-refractivity contribution in [1.82, 2.24) is 9.21 Å². The van der Waals surface area contributed by atoms with Crippen LogP contribution in [0.5, 0.6) is 0 Å². The van der Waals surface area contributed by atoms with E-state index in [4.69, 9.17) is 11.6 Å². The van der Waals surface area contributed by atoms with Crippen molar-refractivity contribution in [3.8, 4) is 0 Å². The van der Waals surface area contributed by atoms with Crippen LogP contribution in [0, 0.1) is 0 Å². The number of carbonyl (C=O) groups excluding carboxylic acids is 3. The van der Waals surface area contributed by atoms with Crippen LogP contribution in [0.1, 0.15) is 18.4 Å². The maximum absolute atomic E-state index is 13.4. The number of imide groups is 1. The summed E-state index contributed by atoms with van der Waals surface area (Å²) in [6.45, 7) is 4.01. The average molecular weight is 440 g/mol. The molecule has 2 aliphatic rings. The number of amides is 3. The second-order valence-corrected chi connectivity index (χ2v) is 9.76. The third-order valence-corrected chi connectivity index (χ3v) is 6.93. The van der Waals surface area contributed by atoms with E-state index in [-0.39, 0.29) is 26.1 Å². The lowest BCUT2D eigenvalue weighted by atomic mass is 9.80. The molecule has 3 amide bonds. The smallest absolute Gasteiger partial charge is 0.250 e. The number of fused-ring (bicyclic) bond motifs is 2. The topological polar surface area (TPSA) is 95.1 Å². The molecule has 0 aromatic heterocycles.